The highest BCUT2D eigenvalue weighted by molar-refractivity contribution is 5.76. The van der Waals surface area contributed by atoms with Crippen molar-refractivity contribution in [2.24, 2.45) is 0 Å². The summed E-state index contributed by atoms with van der Waals surface area (Å²) in [5, 5.41) is 6.91. The van der Waals surface area contributed by atoms with Gasteiger partial charge in [-0.1, -0.05) is 60.7 Å². The summed E-state index contributed by atoms with van der Waals surface area (Å²) < 4.78 is 0. The Morgan fingerprint density at radius 2 is 1.13 bits per heavy atom. The van der Waals surface area contributed by atoms with Crippen LogP contribution in [0.25, 0.3) is 0 Å². The van der Waals surface area contributed by atoms with Crippen LogP contribution in [0.15, 0.2) is 60.7 Å². The topological polar surface area (TPSA) is 41.1 Å². The van der Waals surface area contributed by atoms with E-state index in [1.807, 2.05) is 0 Å². The van der Waals surface area contributed by atoms with E-state index in [0.717, 1.165) is 19.4 Å². The van der Waals surface area contributed by atoms with Crippen molar-refractivity contribution < 1.29 is 4.79 Å². The van der Waals surface area contributed by atoms with E-state index in [-0.39, 0.29) is 5.91 Å². The van der Waals surface area contributed by atoms with Gasteiger partial charge < -0.3 is 10.6 Å². The molecule has 0 aliphatic heterocycles. The van der Waals surface area contributed by atoms with Crippen molar-refractivity contribution >= 4 is 5.91 Å². The third-order valence-electron chi connectivity index (χ3n) is 7.15. The van der Waals surface area contributed by atoms with Crippen LogP contribution in [0.4, 0.5) is 0 Å². The summed E-state index contributed by atoms with van der Waals surface area (Å²) in [4.78, 5) is 12.4. The van der Waals surface area contributed by atoms with Crippen molar-refractivity contribution in [3.63, 3.8) is 0 Å². The van der Waals surface area contributed by atoms with E-state index in [1.165, 1.54) is 49.7 Å². The van der Waals surface area contributed by atoms with Gasteiger partial charge >= 0.3 is 0 Å². The third kappa shape index (κ3) is 5.95. The van der Waals surface area contributed by atoms with Crippen molar-refractivity contribution in [2.45, 2.75) is 81.7 Å². The summed E-state index contributed by atoms with van der Waals surface area (Å²) in [6.45, 7) is 0.797. The Balaban J connectivity index is 1.10. The van der Waals surface area contributed by atoms with Gasteiger partial charge in [-0.05, 0) is 74.3 Å². The van der Waals surface area contributed by atoms with Gasteiger partial charge in [-0.15, -0.1) is 0 Å². The zero-order valence-electron chi connectivity index (χ0n) is 18.1. The standard InChI is InChI=1S/C27H36N2O/c30-27(29-26-17-13-24(14-18-26)22-9-5-2-6-10-22)19-20-28-25-15-11-23(12-16-25)21-7-3-1-4-8-21/h1-10,23-26,28H,11-20H2,(H,29,30). The van der Waals surface area contributed by atoms with Crippen molar-refractivity contribution in [2.75, 3.05) is 6.54 Å². The molecule has 0 saturated heterocycles. The molecular formula is C27H36N2O. The van der Waals surface area contributed by atoms with Crippen LogP contribution in [0.2, 0.25) is 0 Å². The monoisotopic (exact) mass is 404 g/mol. The molecule has 2 aromatic carbocycles. The second-order valence-corrected chi connectivity index (χ2v) is 9.19. The molecule has 0 aromatic heterocycles. The molecule has 2 saturated carbocycles. The second kappa shape index (κ2) is 10.8. The fourth-order valence-corrected chi connectivity index (χ4v) is 5.34. The minimum Gasteiger partial charge on any atom is -0.353 e. The number of carbonyl (C=O) groups excluding carboxylic acids is 1. The fourth-order valence-electron chi connectivity index (χ4n) is 5.34. The molecule has 30 heavy (non-hydrogen) atoms. The number of rotatable bonds is 7. The van der Waals surface area contributed by atoms with Crippen LogP contribution in [0.1, 0.15) is 80.8 Å². The minimum atomic E-state index is 0.212. The van der Waals surface area contributed by atoms with E-state index >= 15 is 0 Å². The predicted molar refractivity (Wildman–Crippen MR) is 124 cm³/mol. The first-order valence-corrected chi connectivity index (χ1v) is 11.9. The van der Waals surface area contributed by atoms with Gasteiger partial charge in [-0.3, -0.25) is 4.79 Å². The molecule has 0 radical (unpaired) electrons. The maximum absolute atomic E-state index is 12.4. The molecule has 2 N–H and O–H groups in total. The maximum Gasteiger partial charge on any atom is 0.221 e. The number of carbonyl (C=O) groups is 1. The highest BCUT2D eigenvalue weighted by atomic mass is 16.1. The van der Waals surface area contributed by atoms with Gasteiger partial charge in [-0.2, -0.15) is 0 Å². The lowest BCUT2D eigenvalue weighted by atomic mass is 9.81. The molecule has 0 spiro atoms. The number of benzene rings is 2. The van der Waals surface area contributed by atoms with Crippen LogP contribution in [0.5, 0.6) is 0 Å². The lowest BCUT2D eigenvalue weighted by molar-refractivity contribution is -0.121. The Morgan fingerprint density at radius 3 is 1.63 bits per heavy atom. The maximum atomic E-state index is 12.4. The molecule has 2 aliphatic carbocycles. The first-order valence-electron chi connectivity index (χ1n) is 11.9. The number of hydrogen-bond donors (Lipinski definition) is 2. The van der Waals surface area contributed by atoms with Crippen LogP contribution in [-0.2, 0) is 4.79 Å². The van der Waals surface area contributed by atoms with E-state index < -0.39 is 0 Å². The normalized spacial score (nSPS) is 26.8. The van der Waals surface area contributed by atoms with E-state index in [2.05, 4.69) is 71.3 Å². The molecule has 2 fully saturated rings. The van der Waals surface area contributed by atoms with Gasteiger partial charge in [0.2, 0.25) is 5.91 Å². The lowest BCUT2D eigenvalue weighted by Crippen LogP contribution is -2.40. The number of hydrogen-bond acceptors (Lipinski definition) is 2. The molecule has 3 nitrogen and oxygen atoms in total. The molecular weight excluding hydrogens is 368 g/mol. The van der Waals surface area contributed by atoms with Crippen LogP contribution in [-0.4, -0.2) is 24.5 Å². The summed E-state index contributed by atoms with van der Waals surface area (Å²) in [7, 11) is 0. The van der Waals surface area contributed by atoms with Gasteiger partial charge in [0, 0.05) is 25.0 Å². The highest BCUT2D eigenvalue weighted by Gasteiger charge is 2.24. The van der Waals surface area contributed by atoms with Crippen molar-refractivity contribution in [1.29, 1.82) is 0 Å². The zero-order valence-corrected chi connectivity index (χ0v) is 18.1. The first-order chi connectivity index (χ1) is 14.8. The molecule has 0 heterocycles. The zero-order chi connectivity index (χ0) is 20.6. The second-order valence-electron chi connectivity index (χ2n) is 9.19. The van der Waals surface area contributed by atoms with Crippen molar-refractivity contribution in [3.8, 4) is 0 Å². The van der Waals surface area contributed by atoms with Crippen molar-refractivity contribution in [3.05, 3.63) is 71.8 Å². The van der Waals surface area contributed by atoms with E-state index in [1.54, 1.807) is 0 Å². The summed E-state index contributed by atoms with van der Waals surface area (Å²) in [6, 6.07) is 22.7. The van der Waals surface area contributed by atoms with E-state index in [9.17, 15) is 4.79 Å². The largest absolute Gasteiger partial charge is 0.353 e. The Morgan fingerprint density at radius 1 is 0.667 bits per heavy atom. The molecule has 4 rings (SSSR count). The molecule has 3 heteroatoms. The highest BCUT2D eigenvalue weighted by Crippen LogP contribution is 2.33. The van der Waals surface area contributed by atoms with Crippen molar-refractivity contribution in [1.82, 2.24) is 10.6 Å². The Hall–Kier alpha value is -2.13. The summed E-state index contributed by atoms with van der Waals surface area (Å²) in [6.07, 6.45) is 10.1. The third-order valence-corrected chi connectivity index (χ3v) is 7.15. The molecule has 2 aromatic rings. The average Bonchev–Trinajstić information content (AvgIpc) is 2.81. The molecule has 2 aliphatic rings. The van der Waals surface area contributed by atoms with Gasteiger partial charge in [0.05, 0.1) is 0 Å². The van der Waals surface area contributed by atoms with Crippen LogP contribution in [0, 0.1) is 0 Å². The average molecular weight is 405 g/mol. The predicted octanol–water partition coefficient (Wildman–Crippen LogP) is 5.54. The van der Waals surface area contributed by atoms with Gasteiger partial charge in [0.1, 0.15) is 0 Å². The van der Waals surface area contributed by atoms with Gasteiger partial charge in [0.15, 0.2) is 0 Å². The lowest BCUT2D eigenvalue weighted by Gasteiger charge is -2.30. The molecule has 0 atom stereocenters. The Labute approximate surface area is 181 Å². The van der Waals surface area contributed by atoms with E-state index in [4.69, 9.17) is 0 Å². The summed E-state index contributed by atoms with van der Waals surface area (Å²) in [5.74, 6) is 1.58. The number of amides is 1. The van der Waals surface area contributed by atoms with E-state index in [0.29, 0.717) is 30.3 Å². The quantitative estimate of drug-likeness (QED) is 0.636. The summed E-state index contributed by atoms with van der Waals surface area (Å²) >= 11 is 0. The van der Waals surface area contributed by atoms with Gasteiger partial charge in [-0.25, -0.2) is 0 Å². The molecule has 1 amide bonds. The molecule has 0 bridgehead atoms. The smallest absolute Gasteiger partial charge is 0.221 e. The van der Waals surface area contributed by atoms with Crippen LogP contribution >= 0.6 is 0 Å². The molecule has 0 unspecified atom stereocenters. The summed E-state index contributed by atoms with van der Waals surface area (Å²) in [5.41, 5.74) is 2.94. The molecule has 160 valence electrons. The van der Waals surface area contributed by atoms with Crippen LogP contribution in [0.3, 0.4) is 0 Å². The Kier molecular flexibility index (Phi) is 7.58. The van der Waals surface area contributed by atoms with Crippen LogP contribution < -0.4 is 10.6 Å². The minimum absolute atomic E-state index is 0.212. The number of nitrogens with one attached hydrogen (secondary N) is 2. The Bertz CT molecular complexity index is 760. The first kappa shape index (κ1) is 21.1. The SMILES string of the molecule is O=C(CCNC1CCC(c2ccccc2)CC1)NC1CCC(c2ccccc2)CC1. The van der Waals surface area contributed by atoms with Gasteiger partial charge in [0.25, 0.3) is 0 Å². The fraction of sp³-hybridized carbons (Fsp3) is 0.519.